The van der Waals surface area contributed by atoms with Crippen LogP contribution >= 0.6 is 41.6 Å². The monoisotopic (exact) mass is 443 g/mol. The van der Waals surface area contributed by atoms with Gasteiger partial charge in [-0.2, -0.15) is 4.98 Å². The zero-order chi connectivity index (χ0) is 18.7. The molecule has 1 aliphatic heterocycles. The summed E-state index contributed by atoms with van der Waals surface area (Å²) in [4.78, 5) is 4.45. The van der Waals surface area contributed by atoms with Crippen molar-refractivity contribution in [1.82, 2.24) is 15.2 Å². The minimum atomic E-state index is -2.93. The molecular formula is C17H22N3O3PS3. The van der Waals surface area contributed by atoms with Crippen LogP contribution in [0.2, 0.25) is 0 Å². The predicted octanol–water partition coefficient (Wildman–Crippen LogP) is 5.35. The molecule has 1 atom stereocenters. The molecule has 1 aromatic heterocycles. The van der Waals surface area contributed by atoms with Gasteiger partial charge in [-0.3, -0.25) is 4.57 Å². The molecule has 1 N–H and O–H groups in total. The number of nitrogens with zero attached hydrogens (tertiary/aromatic N) is 2. The zero-order valence-electron chi connectivity index (χ0n) is 15.0. The molecule has 2 heterocycles. The van der Waals surface area contributed by atoms with Gasteiger partial charge in [0.1, 0.15) is 0 Å². The summed E-state index contributed by atoms with van der Waals surface area (Å²) in [5.74, 6) is 3.80. The van der Waals surface area contributed by atoms with Gasteiger partial charge in [-0.15, -0.1) is 23.5 Å². The number of hydrogen-bond donors (Lipinski definition) is 1. The van der Waals surface area contributed by atoms with Crippen LogP contribution in [0.1, 0.15) is 35.8 Å². The molecule has 0 amide bonds. The van der Waals surface area contributed by atoms with E-state index in [1.807, 2.05) is 42.6 Å². The van der Waals surface area contributed by atoms with E-state index in [4.69, 9.17) is 9.05 Å². The molecule has 146 valence electrons. The Balaban J connectivity index is 1.38. The molecule has 10 heteroatoms. The van der Waals surface area contributed by atoms with E-state index < -0.39 is 6.72 Å². The maximum atomic E-state index is 12.8. The maximum Gasteiger partial charge on any atom is 0.327 e. The number of benzene rings is 1. The molecule has 1 saturated heterocycles. The summed E-state index contributed by atoms with van der Waals surface area (Å²) in [5, 5.41) is 7.19. The summed E-state index contributed by atoms with van der Waals surface area (Å²) in [6, 6.07) is 8.66. The van der Waals surface area contributed by atoms with Crippen LogP contribution in [0.5, 0.6) is 0 Å². The lowest BCUT2D eigenvalue weighted by atomic mass is 10.1. The second kappa shape index (κ2) is 8.93. The predicted molar refractivity (Wildman–Crippen MR) is 114 cm³/mol. The van der Waals surface area contributed by atoms with E-state index >= 15 is 0 Å². The SMILES string of the molecule is CCO[P@](=O)(NC1CC1)SCc1nc(-c2ccc(C3SCCS3)cc2)no1. The van der Waals surface area contributed by atoms with E-state index in [9.17, 15) is 4.57 Å². The smallest absolute Gasteiger partial charge is 0.327 e. The molecule has 0 bridgehead atoms. The number of aromatic nitrogens is 2. The van der Waals surface area contributed by atoms with Gasteiger partial charge in [0.15, 0.2) is 0 Å². The first-order chi connectivity index (χ1) is 13.1. The number of hydrogen-bond acceptors (Lipinski definition) is 8. The van der Waals surface area contributed by atoms with Crippen molar-refractivity contribution in [2.24, 2.45) is 0 Å². The number of thioether (sulfide) groups is 2. The van der Waals surface area contributed by atoms with Crippen molar-refractivity contribution in [3.63, 3.8) is 0 Å². The van der Waals surface area contributed by atoms with Crippen molar-refractivity contribution in [3.8, 4) is 11.4 Å². The Morgan fingerprint density at radius 3 is 2.70 bits per heavy atom. The maximum absolute atomic E-state index is 12.8. The summed E-state index contributed by atoms with van der Waals surface area (Å²) in [6.45, 7) is -0.674. The molecule has 2 aliphatic rings. The molecule has 1 saturated carbocycles. The van der Waals surface area contributed by atoms with Crippen molar-refractivity contribution < 1.29 is 13.6 Å². The Hall–Kier alpha value is -0.440. The van der Waals surface area contributed by atoms with Gasteiger partial charge in [-0.25, -0.2) is 5.09 Å². The molecular weight excluding hydrogens is 421 g/mol. The van der Waals surface area contributed by atoms with E-state index in [2.05, 4.69) is 27.4 Å². The third-order valence-corrected chi connectivity index (χ3v) is 11.2. The van der Waals surface area contributed by atoms with Crippen LogP contribution in [0.3, 0.4) is 0 Å². The van der Waals surface area contributed by atoms with Crippen LogP contribution in [-0.4, -0.2) is 34.3 Å². The minimum Gasteiger partial charge on any atom is -0.338 e. The zero-order valence-corrected chi connectivity index (χ0v) is 18.3. The molecule has 2 aromatic rings. The van der Waals surface area contributed by atoms with Crippen molar-refractivity contribution in [3.05, 3.63) is 35.7 Å². The molecule has 6 nitrogen and oxygen atoms in total. The third-order valence-electron chi connectivity index (χ3n) is 4.11. The van der Waals surface area contributed by atoms with Gasteiger partial charge in [0.05, 0.1) is 16.9 Å². The second-order valence-electron chi connectivity index (χ2n) is 6.30. The molecule has 1 aromatic carbocycles. The van der Waals surface area contributed by atoms with Crippen LogP contribution in [0, 0.1) is 0 Å². The van der Waals surface area contributed by atoms with E-state index in [0.717, 1.165) is 18.4 Å². The summed E-state index contributed by atoms with van der Waals surface area (Å²) in [7, 11) is 0. The van der Waals surface area contributed by atoms with Gasteiger partial charge >= 0.3 is 6.72 Å². The minimum absolute atomic E-state index is 0.308. The molecule has 0 unspecified atom stereocenters. The highest BCUT2D eigenvalue weighted by Gasteiger charge is 2.33. The van der Waals surface area contributed by atoms with Crippen LogP contribution in [0.15, 0.2) is 28.8 Å². The van der Waals surface area contributed by atoms with Gasteiger partial charge in [0.2, 0.25) is 11.7 Å². The topological polar surface area (TPSA) is 77.2 Å². The average Bonchev–Trinajstić information content (AvgIpc) is 3.15. The number of rotatable bonds is 9. The lowest BCUT2D eigenvalue weighted by molar-refractivity contribution is 0.337. The largest absolute Gasteiger partial charge is 0.338 e. The van der Waals surface area contributed by atoms with E-state index in [-0.39, 0.29) is 0 Å². The summed E-state index contributed by atoms with van der Waals surface area (Å²) in [6.07, 6.45) is 2.10. The summed E-state index contributed by atoms with van der Waals surface area (Å²) < 4.78 is 24.2. The molecule has 4 rings (SSSR count). The van der Waals surface area contributed by atoms with Gasteiger partial charge in [0, 0.05) is 23.1 Å². The first-order valence-corrected chi connectivity index (χ1v) is 14.3. The first kappa shape index (κ1) is 19.9. The van der Waals surface area contributed by atoms with Gasteiger partial charge in [0.25, 0.3) is 0 Å². The lowest BCUT2D eigenvalue weighted by Crippen LogP contribution is -2.13. The quantitative estimate of drug-likeness (QED) is 0.516. The fourth-order valence-corrected chi connectivity index (χ4v) is 9.21. The third kappa shape index (κ3) is 5.34. The highest BCUT2D eigenvalue weighted by molar-refractivity contribution is 8.55. The molecule has 27 heavy (non-hydrogen) atoms. The molecule has 0 spiro atoms. The van der Waals surface area contributed by atoms with E-state index in [1.165, 1.54) is 28.5 Å². The summed E-state index contributed by atoms with van der Waals surface area (Å²) in [5.41, 5.74) is 2.25. The fourth-order valence-electron chi connectivity index (χ4n) is 2.63. The Labute approximate surface area is 171 Å². The summed E-state index contributed by atoms with van der Waals surface area (Å²) >= 11 is 5.20. The van der Waals surface area contributed by atoms with Crippen LogP contribution in [-0.2, 0) is 14.8 Å². The molecule has 1 aliphatic carbocycles. The molecule has 2 fully saturated rings. The highest BCUT2D eigenvalue weighted by Crippen LogP contribution is 2.58. The standard InChI is InChI=1S/C17H22N3O3PS3/c1-2-22-24(21,20-14-7-8-14)27-11-15-18-16(19-23-15)12-3-5-13(6-4-12)17-25-9-10-26-17/h3-6,14,17H,2,7-11H2,1H3,(H,20,21)/t24-/m1/s1. The van der Waals surface area contributed by atoms with E-state index in [1.54, 1.807) is 0 Å². The average molecular weight is 444 g/mol. The van der Waals surface area contributed by atoms with Crippen LogP contribution < -0.4 is 5.09 Å². The van der Waals surface area contributed by atoms with Crippen molar-refractivity contribution in [1.29, 1.82) is 0 Å². The van der Waals surface area contributed by atoms with Gasteiger partial charge in [-0.1, -0.05) is 29.4 Å². The molecule has 0 radical (unpaired) electrons. The Morgan fingerprint density at radius 1 is 1.30 bits per heavy atom. The van der Waals surface area contributed by atoms with Crippen molar-refractivity contribution in [2.45, 2.75) is 36.1 Å². The normalized spacial score (nSPS) is 20.0. The van der Waals surface area contributed by atoms with Gasteiger partial charge in [-0.05, 0) is 36.7 Å². The highest BCUT2D eigenvalue weighted by atomic mass is 32.7. The second-order valence-corrected chi connectivity index (χ2v) is 13.3. The Kier molecular flexibility index (Phi) is 6.57. The lowest BCUT2D eigenvalue weighted by Gasteiger charge is -2.16. The Bertz CT molecular complexity index is 807. The van der Waals surface area contributed by atoms with Crippen LogP contribution in [0.4, 0.5) is 0 Å². The fraction of sp³-hybridized carbons (Fsp3) is 0.529. The first-order valence-electron chi connectivity index (χ1n) is 8.98. The van der Waals surface area contributed by atoms with Crippen LogP contribution in [0.25, 0.3) is 11.4 Å². The van der Waals surface area contributed by atoms with Crippen molar-refractivity contribution in [2.75, 3.05) is 18.1 Å². The Morgan fingerprint density at radius 2 is 2.04 bits per heavy atom. The van der Waals surface area contributed by atoms with Crippen molar-refractivity contribution >= 4 is 41.6 Å². The van der Waals surface area contributed by atoms with Gasteiger partial charge < -0.3 is 9.05 Å². The van der Waals surface area contributed by atoms with E-state index in [0.29, 0.717) is 34.7 Å². The number of nitrogens with one attached hydrogen (secondary N) is 1.